The third-order valence-corrected chi connectivity index (χ3v) is 2.42. The van der Waals surface area contributed by atoms with Crippen LogP contribution in [0.5, 0.6) is 5.75 Å². The smallest absolute Gasteiger partial charge is 0.341 e. The molecule has 0 unspecified atom stereocenters. The summed E-state index contributed by atoms with van der Waals surface area (Å²) in [6, 6.07) is 4.19. The highest BCUT2D eigenvalue weighted by molar-refractivity contribution is 7.92. The van der Waals surface area contributed by atoms with Gasteiger partial charge >= 0.3 is 5.97 Å². The van der Waals surface area contributed by atoms with Crippen LogP contribution in [0.25, 0.3) is 0 Å². The van der Waals surface area contributed by atoms with Gasteiger partial charge in [0.15, 0.2) is 12.9 Å². The topological polar surface area (TPSA) is 110 Å². The first kappa shape index (κ1) is 14.0. The van der Waals surface area contributed by atoms with Crippen LogP contribution >= 0.6 is 0 Å². The molecule has 0 heterocycles. The molecule has 0 spiro atoms. The molecule has 0 fully saturated rings. The zero-order valence-electron chi connectivity index (χ0n) is 9.41. The number of benzene rings is 1. The van der Waals surface area contributed by atoms with Gasteiger partial charge in [0.2, 0.25) is 10.0 Å². The van der Waals surface area contributed by atoms with Gasteiger partial charge in [-0.25, -0.2) is 13.2 Å². The minimum atomic E-state index is -3.54. The summed E-state index contributed by atoms with van der Waals surface area (Å²) in [6.07, 6.45) is 1.33. The van der Waals surface area contributed by atoms with Gasteiger partial charge in [-0.05, 0) is 12.1 Å². The number of ether oxygens (including phenoxy) is 1. The van der Waals surface area contributed by atoms with E-state index in [0.29, 0.717) is 6.29 Å². The van der Waals surface area contributed by atoms with Gasteiger partial charge in [-0.2, -0.15) is 0 Å². The maximum absolute atomic E-state index is 11.1. The molecule has 0 aliphatic heterocycles. The molecule has 0 saturated heterocycles. The fourth-order valence-electron chi connectivity index (χ4n) is 1.22. The Labute approximate surface area is 103 Å². The van der Waals surface area contributed by atoms with Crippen LogP contribution in [0.1, 0.15) is 10.4 Å². The summed E-state index contributed by atoms with van der Waals surface area (Å²) in [5.74, 6) is -1.20. The molecular formula is C10H11NO6S. The molecule has 18 heavy (non-hydrogen) atoms. The minimum absolute atomic E-state index is 0.000972. The molecule has 0 amide bonds. The van der Waals surface area contributed by atoms with Crippen molar-refractivity contribution in [3.63, 3.8) is 0 Å². The van der Waals surface area contributed by atoms with Gasteiger partial charge in [-0.15, -0.1) is 0 Å². The molecule has 8 heteroatoms. The molecule has 0 bridgehead atoms. The van der Waals surface area contributed by atoms with Crippen molar-refractivity contribution >= 4 is 28.0 Å². The van der Waals surface area contributed by atoms with Gasteiger partial charge in [-0.1, -0.05) is 6.07 Å². The normalized spacial score (nSPS) is 10.7. The fourth-order valence-corrected chi connectivity index (χ4v) is 1.80. The molecule has 1 aromatic rings. The van der Waals surface area contributed by atoms with Crippen LogP contribution in [0.4, 0.5) is 5.69 Å². The van der Waals surface area contributed by atoms with Crippen LogP contribution in [0, 0.1) is 0 Å². The maximum Gasteiger partial charge on any atom is 0.341 e. The van der Waals surface area contributed by atoms with Crippen molar-refractivity contribution in [1.82, 2.24) is 0 Å². The lowest BCUT2D eigenvalue weighted by Crippen LogP contribution is -2.14. The summed E-state index contributed by atoms with van der Waals surface area (Å²) in [5.41, 5.74) is -0.0143. The zero-order chi connectivity index (χ0) is 13.8. The summed E-state index contributed by atoms with van der Waals surface area (Å²) in [4.78, 5) is 21.3. The van der Waals surface area contributed by atoms with Crippen molar-refractivity contribution in [2.24, 2.45) is 0 Å². The largest absolute Gasteiger partial charge is 0.481 e. The Morgan fingerprint density at radius 1 is 1.50 bits per heavy atom. The number of aldehydes is 1. The Bertz CT molecular complexity index is 566. The number of carboxylic acid groups (broad SMARTS) is 1. The van der Waals surface area contributed by atoms with E-state index >= 15 is 0 Å². The first-order chi connectivity index (χ1) is 8.33. The van der Waals surface area contributed by atoms with E-state index in [1.54, 1.807) is 0 Å². The monoisotopic (exact) mass is 273 g/mol. The van der Waals surface area contributed by atoms with Gasteiger partial charge in [-0.3, -0.25) is 9.52 Å². The number of anilines is 1. The van der Waals surface area contributed by atoms with Crippen molar-refractivity contribution < 1.29 is 27.9 Å². The highest BCUT2D eigenvalue weighted by atomic mass is 32.2. The Morgan fingerprint density at radius 2 is 2.17 bits per heavy atom. The first-order valence-corrected chi connectivity index (χ1v) is 6.63. The molecule has 1 rings (SSSR count). The lowest BCUT2D eigenvalue weighted by molar-refractivity contribution is -0.139. The average molecular weight is 273 g/mol. The molecular weight excluding hydrogens is 262 g/mol. The van der Waals surface area contributed by atoms with E-state index in [1.165, 1.54) is 18.2 Å². The Balaban J connectivity index is 3.09. The highest BCUT2D eigenvalue weighted by Gasteiger charge is 2.12. The quantitative estimate of drug-likeness (QED) is 0.723. The van der Waals surface area contributed by atoms with Gasteiger partial charge in [0, 0.05) is 0 Å². The van der Waals surface area contributed by atoms with E-state index < -0.39 is 22.6 Å². The minimum Gasteiger partial charge on any atom is -0.481 e. The molecule has 7 nitrogen and oxygen atoms in total. The number of rotatable bonds is 6. The second kappa shape index (κ2) is 5.50. The molecule has 2 N–H and O–H groups in total. The van der Waals surface area contributed by atoms with Gasteiger partial charge in [0.1, 0.15) is 5.75 Å². The molecule has 1 aromatic carbocycles. The molecule has 98 valence electrons. The van der Waals surface area contributed by atoms with Crippen LogP contribution in [0.2, 0.25) is 0 Å². The molecule has 0 aliphatic rings. The number of sulfonamides is 1. The molecule has 0 aromatic heterocycles. The third kappa shape index (κ3) is 4.06. The number of aliphatic carboxylic acids is 1. The molecule has 0 atom stereocenters. The Hall–Kier alpha value is -2.09. The van der Waals surface area contributed by atoms with E-state index in [-0.39, 0.29) is 17.0 Å². The average Bonchev–Trinajstić information content (AvgIpc) is 2.24. The molecule has 0 aliphatic carbocycles. The number of hydrogen-bond acceptors (Lipinski definition) is 5. The van der Waals surface area contributed by atoms with E-state index in [9.17, 15) is 18.0 Å². The van der Waals surface area contributed by atoms with Crippen LogP contribution in [-0.4, -0.2) is 38.6 Å². The number of carbonyl (C=O) groups excluding carboxylic acids is 1. The van der Waals surface area contributed by atoms with Crippen LogP contribution in [0.15, 0.2) is 18.2 Å². The lowest BCUT2D eigenvalue weighted by atomic mass is 10.2. The predicted octanol–water partition coefficient (Wildman–Crippen LogP) is 0.334. The Kier molecular flexibility index (Phi) is 4.27. The van der Waals surface area contributed by atoms with Gasteiger partial charge in [0.25, 0.3) is 0 Å². The van der Waals surface area contributed by atoms with E-state index in [0.717, 1.165) is 6.26 Å². The van der Waals surface area contributed by atoms with Crippen molar-refractivity contribution in [1.29, 1.82) is 0 Å². The summed E-state index contributed by atoms with van der Waals surface area (Å²) in [7, 11) is -3.54. The standard InChI is InChI=1S/C10H11NO6S/c1-18(15,16)11-8-3-2-4-9(7(8)5-12)17-6-10(13)14/h2-5,11H,6H2,1H3,(H,13,14). The fraction of sp³-hybridized carbons (Fsp3) is 0.200. The summed E-state index contributed by atoms with van der Waals surface area (Å²) < 4.78 is 29.2. The summed E-state index contributed by atoms with van der Waals surface area (Å²) in [6.45, 7) is -0.622. The van der Waals surface area contributed by atoms with Gasteiger partial charge < -0.3 is 9.84 Å². The zero-order valence-corrected chi connectivity index (χ0v) is 10.2. The first-order valence-electron chi connectivity index (χ1n) is 4.74. The Morgan fingerprint density at radius 3 is 2.67 bits per heavy atom. The number of nitrogens with one attached hydrogen (secondary N) is 1. The molecule has 0 radical (unpaired) electrons. The summed E-state index contributed by atoms with van der Waals surface area (Å²) >= 11 is 0. The SMILES string of the molecule is CS(=O)(=O)Nc1cccc(OCC(=O)O)c1C=O. The van der Waals surface area contributed by atoms with Crippen LogP contribution in [-0.2, 0) is 14.8 Å². The summed E-state index contributed by atoms with van der Waals surface area (Å²) in [5, 5.41) is 8.47. The van der Waals surface area contributed by atoms with Crippen molar-refractivity contribution in [2.75, 3.05) is 17.6 Å². The number of hydrogen-bond donors (Lipinski definition) is 2. The number of carbonyl (C=O) groups is 2. The number of carboxylic acids is 1. The second-order valence-electron chi connectivity index (χ2n) is 3.39. The van der Waals surface area contributed by atoms with Crippen molar-refractivity contribution in [3.05, 3.63) is 23.8 Å². The molecule has 0 saturated carbocycles. The van der Waals surface area contributed by atoms with Crippen LogP contribution < -0.4 is 9.46 Å². The van der Waals surface area contributed by atoms with Crippen LogP contribution in [0.3, 0.4) is 0 Å². The highest BCUT2D eigenvalue weighted by Crippen LogP contribution is 2.25. The predicted molar refractivity (Wildman–Crippen MR) is 63.4 cm³/mol. The van der Waals surface area contributed by atoms with E-state index in [1.807, 2.05) is 0 Å². The third-order valence-electron chi connectivity index (χ3n) is 1.83. The van der Waals surface area contributed by atoms with Gasteiger partial charge in [0.05, 0.1) is 17.5 Å². The second-order valence-corrected chi connectivity index (χ2v) is 5.14. The van der Waals surface area contributed by atoms with Crippen molar-refractivity contribution in [2.45, 2.75) is 0 Å². The maximum atomic E-state index is 11.1. The van der Waals surface area contributed by atoms with E-state index in [4.69, 9.17) is 9.84 Å². The van der Waals surface area contributed by atoms with Crippen molar-refractivity contribution in [3.8, 4) is 5.75 Å². The van der Waals surface area contributed by atoms with E-state index in [2.05, 4.69) is 4.72 Å². The lowest BCUT2D eigenvalue weighted by Gasteiger charge is -2.11.